The van der Waals surface area contributed by atoms with E-state index in [9.17, 15) is 4.79 Å². The first-order valence-electron chi connectivity index (χ1n) is 9.82. The van der Waals surface area contributed by atoms with Gasteiger partial charge in [0.05, 0.1) is 11.1 Å². The lowest BCUT2D eigenvalue weighted by atomic mass is 9.70. The maximum atomic E-state index is 13.2. The second kappa shape index (κ2) is 7.04. The second-order valence-corrected chi connectivity index (χ2v) is 8.74. The zero-order valence-electron chi connectivity index (χ0n) is 16.9. The highest BCUT2D eigenvalue weighted by Gasteiger charge is 2.33. The highest BCUT2D eigenvalue weighted by molar-refractivity contribution is 6.05. The molecule has 0 spiro atoms. The minimum Gasteiger partial charge on any atom is -0.455 e. The molecule has 1 aromatic carbocycles. The van der Waals surface area contributed by atoms with Crippen LogP contribution in [0.15, 0.2) is 34.9 Å². The number of carbonyl (C=O) groups is 1. The number of benzene rings is 1. The molecule has 146 valence electrons. The highest BCUT2D eigenvalue weighted by atomic mass is 16.5. The molecule has 0 N–H and O–H groups in total. The van der Waals surface area contributed by atoms with Crippen LogP contribution in [0.25, 0.3) is 10.9 Å². The first-order chi connectivity index (χ1) is 13.3. The van der Waals surface area contributed by atoms with E-state index < -0.39 is 0 Å². The fourth-order valence-electron chi connectivity index (χ4n) is 4.06. The summed E-state index contributed by atoms with van der Waals surface area (Å²) in [5, 5.41) is 4.77. The molecular weight excluding hydrogens is 352 g/mol. The van der Waals surface area contributed by atoms with E-state index in [0.29, 0.717) is 22.9 Å². The van der Waals surface area contributed by atoms with E-state index >= 15 is 0 Å². The third kappa shape index (κ3) is 3.53. The Morgan fingerprint density at radius 1 is 1.29 bits per heavy atom. The SMILES string of the molecule is Cc1cc(COC(=O)c2c3c(nc4ccccc24)CC[C@@H](C(C)(C)C)C3)no1. The Morgan fingerprint density at radius 3 is 2.79 bits per heavy atom. The van der Waals surface area contributed by atoms with E-state index in [1.807, 2.05) is 31.2 Å². The lowest BCUT2D eigenvalue weighted by molar-refractivity contribution is 0.0463. The van der Waals surface area contributed by atoms with Crippen molar-refractivity contribution in [1.29, 1.82) is 0 Å². The van der Waals surface area contributed by atoms with E-state index in [2.05, 4.69) is 25.9 Å². The van der Waals surface area contributed by atoms with Gasteiger partial charge in [0.15, 0.2) is 0 Å². The van der Waals surface area contributed by atoms with Gasteiger partial charge in [0.2, 0.25) is 0 Å². The van der Waals surface area contributed by atoms with Gasteiger partial charge in [-0.25, -0.2) is 4.79 Å². The Bertz CT molecular complexity index is 1030. The number of para-hydroxylation sites is 1. The zero-order valence-corrected chi connectivity index (χ0v) is 16.9. The van der Waals surface area contributed by atoms with Gasteiger partial charge in [0.25, 0.3) is 0 Å². The fourth-order valence-corrected chi connectivity index (χ4v) is 4.06. The third-order valence-electron chi connectivity index (χ3n) is 5.72. The summed E-state index contributed by atoms with van der Waals surface area (Å²) in [6.45, 7) is 8.72. The van der Waals surface area contributed by atoms with Crippen molar-refractivity contribution in [2.24, 2.45) is 11.3 Å². The molecule has 0 saturated heterocycles. The molecule has 3 aromatic rings. The highest BCUT2D eigenvalue weighted by Crippen LogP contribution is 2.39. The number of nitrogens with zero attached hydrogens (tertiary/aromatic N) is 2. The monoisotopic (exact) mass is 378 g/mol. The molecule has 0 saturated carbocycles. The van der Waals surface area contributed by atoms with Crippen LogP contribution in [-0.4, -0.2) is 16.1 Å². The number of aryl methyl sites for hydroxylation is 2. The summed E-state index contributed by atoms with van der Waals surface area (Å²) < 4.78 is 10.7. The first kappa shape index (κ1) is 18.7. The van der Waals surface area contributed by atoms with Crippen molar-refractivity contribution in [2.75, 3.05) is 0 Å². The van der Waals surface area contributed by atoms with Crippen LogP contribution in [0.1, 0.15) is 60.3 Å². The van der Waals surface area contributed by atoms with Crippen molar-refractivity contribution >= 4 is 16.9 Å². The molecule has 4 rings (SSSR count). The van der Waals surface area contributed by atoms with E-state index in [-0.39, 0.29) is 18.0 Å². The molecular formula is C23H26N2O3. The van der Waals surface area contributed by atoms with E-state index in [1.165, 1.54) is 0 Å². The lowest BCUT2D eigenvalue weighted by Gasteiger charge is -2.35. The quantitative estimate of drug-likeness (QED) is 0.598. The first-order valence-corrected chi connectivity index (χ1v) is 9.82. The van der Waals surface area contributed by atoms with Crippen LogP contribution in [0.5, 0.6) is 0 Å². The molecule has 1 aliphatic rings. The molecule has 2 aromatic heterocycles. The van der Waals surface area contributed by atoms with Crippen LogP contribution in [-0.2, 0) is 24.2 Å². The number of carbonyl (C=O) groups excluding carboxylic acids is 1. The molecule has 5 nitrogen and oxygen atoms in total. The maximum Gasteiger partial charge on any atom is 0.339 e. The van der Waals surface area contributed by atoms with Crippen molar-refractivity contribution in [3.8, 4) is 0 Å². The van der Waals surface area contributed by atoms with Gasteiger partial charge < -0.3 is 9.26 Å². The minimum absolute atomic E-state index is 0.101. The molecule has 1 aliphatic carbocycles. The van der Waals surface area contributed by atoms with Gasteiger partial charge in [-0.05, 0) is 49.1 Å². The van der Waals surface area contributed by atoms with Gasteiger partial charge >= 0.3 is 5.97 Å². The van der Waals surface area contributed by atoms with Crippen LogP contribution in [0.2, 0.25) is 0 Å². The largest absolute Gasteiger partial charge is 0.455 e. The molecule has 0 radical (unpaired) electrons. The Balaban J connectivity index is 1.74. The minimum atomic E-state index is -0.315. The van der Waals surface area contributed by atoms with Gasteiger partial charge in [-0.1, -0.05) is 44.1 Å². The van der Waals surface area contributed by atoms with E-state index in [1.54, 1.807) is 6.07 Å². The number of fused-ring (bicyclic) bond motifs is 2. The summed E-state index contributed by atoms with van der Waals surface area (Å²) in [6, 6.07) is 9.60. The van der Waals surface area contributed by atoms with Crippen molar-refractivity contribution in [2.45, 2.75) is 53.6 Å². The number of ether oxygens (including phenoxy) is 1. The summed E-state index contributed by atoms with van der Waals surface area (Å²) >= 11 is 0. The van der Waals surface area contributed by atoms with Gasteiger partial charge in [-0.15, -0.1) is 0 Å². The van der Waals surface area contributed by atoms with Crippen LogP contribution < -0.4 is 0 Å². The molecule has 0 aliphatic heterocycles. The van der Waals surface area contributed by atoms with E-state index in [4.69, 9.17) is 14.2 Å². The fraction of sp³-hybridized carbons (Fsp3) is 0.435. The van der Waals surface area contributed by atoms with E-state index in [0.717, 1.165) is 41.4 Å². The van der Waals surface area contributed by atoms with Crippen LogP contribution in [0.3, 0.4) is 0 Å². The predicted molar refractivity (Wildman–Crippen MR) is 107 cm³/mol. The Kier molecular flexibility index (Phi) is 4.69. The smallest absolute Gasteiger partial charge is 0.339 e. The summed E-state index contributed by atoms with van der Waals surface area (Å²) in [6.07, 6.45) is 2.84. The summed E-state index contributed by atoms with van der Waals surface area (Å²) in [5.74, 6) is 0.892. The average molecular weight is 378 g/mol. The van der Waals surface area contributed by atoms with Crippen molar-refractivity contribution in [1.82, 2.24) is 10.1 Å². The van der Waals surface area contributed by atoms with Crippen molar-refractivity contribution in [3.63, 3.8) is 0 Å². The zero-order chi connectivity index (χ0) is 19.9. The number of rotatable bonds is 3. The van der Waals surface area contributed by atoms with Gasteiger partial charge in [0, 0.05) is 17.1 Å². The number of hydrogen-bond acceptors (Lipinski definition) is 5. The Labute approximate surface area is 165 Å². The van der Waals surface area contributed by atoms with Crippen LogP contribution in [0, 0.1) is 18.3 Å². The lowest BCUT2D eigenvalue weighted by Crippen LogP contribution is -2.29. The Morgan fingerprint density at radius 2 is 2.07 bits per heavy atom. The summed E-state index contributed by atoms with van der Waals surface area (Å²) in [5.41, 5.74) is 4.39. The van der Waals surface area contributed by atoms with Crippen LogP contribution in [0.4, 0.5) is 0 Å². The molecule has 5 heteroatoms. The molecule has 28 heavy (non-hydrogen) atoms. The topological polar surface area (TPSA) is 65.2 Å². The van der Waals surface area contributed by atoms with Gasteiger partial charge in [-0.3, -0.25) is 4.98 Å². The van der Waals surface area contributed by atoms with Crippen molar-refractivity contribution < 1.29 is 14.1 Å². The summed E-state index contributed by atoms with van der Waals surface area (Å²) in [4.78, 5) is 18.0. The number of aromatic nitrogens is 2. The molecule has 0 amide bonds. The predicted octanol–water partition coefficient (Wildman–Crippen LogP) is 5.04. The van der Waals surface area contributed by atoms with Crippen LogP contribution >= 0.6 is 0 Å². The Hall–Kier alpha value is -2.69. The maximum absolute atomic E-state index is 13.2. The van der Waals surface area contributed by atoms with Gasteiger partial charge in [-0.2, -0.15) is 0 Å². The number of pyridine rings is 1. The standard InChI is InChI=1S/C23H26N2O3/c1-14-11-16(25-28-14)13-27-22(26)21-17-7-5-6-8-19(17)24-20-10-9-15(12-18(20)21)23(2,3)4/h5-8,11,15H,9-10,12-13H2,1-4H3/t15-/m1/s1. The molecule has 0 fully saturated rings. The van der Waals surface area contributed by atoms with Gasteiger partial charge in [0.1, 0.15) is 18.1 Å². The normalized spacial score (nSPS) is 16.8. The summed E-state index contributed by atoms with van der Waals surface area (Å²) in [7, 11) is 0. The molecule has 0 bridgehead atoms. The second-order valence-electron chi connectivity index (χ2n) is 8.74. The molecule has 1 atom stereocenters. The van der Waals surface area contributed by atoms with Crippen molar-refractivity contribution in [3.05, 3.63) is 58.6 Å². The molecule has 2 heterocycles. The number of hydrogen-bond donors (Lipinski definition) is 0. The number of esters is 1. The molecule has 0 unspecified atom stereocenters. The third-order valence-corrected chi connectivity index (χ3v) is 5.72. The average Bonchev–Trinajstić information content (AvgIpc) is 3.08.